The number of hydrogen-bond donors (Lipinski definition) is 2. The molecule has 0 amide bonds. The van der Waals surface area contributed by atoms with E-state index in [1.54, 1.807) is 0 Å². The van der Waals surface area contributed by atoms with Crippen molar-refractivity contribution >= 4 is 24.1 Å². The standard InChI is InChI=1S/C18H26N2O2.ClH/c1-13(2)11-20-16-8-6-15(7-9-16)14(3)18(21)22-12-17-5-4-10-19-17;/h6-9,14,17,19-20H,1,4-5,10-12H2,2-3H3;1H. The maximum absolute atomic E-state index is 12.1. The Morgan fingerprint density at radius 1 is 1.43 bits per heavy atom. The summed E-state index contributed by atoms with van der Waals surface area (Å²) in [5.41, 5.74) is 3.09. The van der Waals surface area contributed by atoms with Gasteiger partial charge in [0.15, 0.2) is 0 Å². The third-order valence-corrected chi connectivity index (χ3v) is 3.95. The van der Waals surface area contributed by atoms with Crippen LogP contribution in [0, 0.1) is 0 Å². The average molecular weight is 339 g/mol. The van der Waals surface area contributed by atoms with E-state index in [9.17, 15) is 4.79 Å². The van der Waals surface area contributed by atoms with Crippen LogP contribution in [-0.2, 0) is 9.53 Å². The van der Waals surface area contributed by atoms with Crippen LogP contribution in [0.5, 0.6) is 0 Å². The predicted molar refractivity (Wildman–Crippen MR) is 97.4 cm³/mol. The Bertz CT molecular complexity index is 510. The molecule has 1 aromatic rings. The lowest BCUT2D eigenvalue weighted by atomic mass is 10.0. The first kappa shape index (κ1) is 19.5. The van der Waals surface area contributed by atoms with Crippen molar-refractivity contribution in [3.05, 3.63) is 42.0 Å². The number of anilines is 1. The van der Waals surface area contributed by atoms with Gasteiger partial charge in [0.25, 0.3) is 0 Å². The van der Waals surface area contributed by atoms with Gasteiger partial charge < -0.3 is 15.4 Å². The summed E-state index contributed by atoms with van der Waals surface area (Å²) in [6.07, 6.45) is 2.25. The third kappa shape index (κ3) is 6.24. The number of esters is 1. The first-order chi connectivity index (χ1) is 10.6. The molecule has 2 N–H and O–H groups in total. The molecule has 1 heterocycles. The summed E-state index contributed by atoms with van der Waals surface area (Å²) >= 11 is 0. The summed E-state index contributed by atoms with van der Waals surface area (Å²) in [7, 11) is 0. The molecule has 2 rings (SSSR count). The van der Waals surface area contributed by atoms with Gasteiger partial charge in [-0.3, -0.25) is 4.79 Å². The van der Waals surface area contributed by atoms with Crippen molar-refractivity contribution in [1.82, 2.24) is 5.32 Å². The van der Waals surface area contributed by atoms with E-state index in [0.29, 0.717) is 12.6 Å². The molecule has 1 saturated heterocycles. The Labute approximate surface area is 145 Å². The van der Waals surface area contributed by atoms with E-state index in [1.807, 2.05) is 38.1 Å². The van der Waals surface area contributed by atoms with E-state index in [1.165, 1.54) is 0 Å². The van der Waals surface area contributed by atoms with Gasteiger partial charge in [-0.2, -0.15) is 0 Å². The van der Waals surface area contributed by atoms with Crippen LogP contribution >= 0.6 is 12.4 Å². The predicted octanol–water partition coefficient (Wildman–Crippen LogP) is 3.50. The van der Waals surface area contributed by atoms with E-state index in [0.717, 1.165) is 42.8 Å². The van der Waals surface area contributed by atoms with Crippen LogP contribution in [0.1, 0.15) is 38.2 Å². The first-order valence-corrected chi connectivity index (χ1v) is 7.94. The van der Waals surface area contributed by atoms with Crippen LogP contribution in [0.4, 0.5) is 5.69 Å². The van der Waals surface area contributed by atoms with Crippen LogP contribution < -0.4 is 10.6 Å². The lowest BCUT2D eigenvalue weighted by Gasteiger charge is -2.15. The van der Waals surface area contributed by atoms with E-state index in [2.05, 4.69) is 17.2 Å². The number of hydrogen-bond acceptors (Lipinski definition) is 4. The highest BCUT2D eigenvalue weighted by atomic mass is 35.5. The topological polar surface area (TPSA) is 50.4 Å². The van der Waals surface area contributed by atoms with Gasteiger partial charge in [0.1, 0.15) is 6.61 Å². The van der Waals surface area contributed by atoms with Crippen molar-refractivity contribution in [1.29, 1.82) is 0 Å². The number of nitrogens with one attached hydrogen (secondary N) is 2. The van der Waals surface area contributed by atoms with E-state index in [4.69, 9.17) is 4.74 Å². The Kier molecular flexibility index (Phi) is 8.13. The monoisotopic (exact) mass is 338 g/mol. The molecular weight excluding hydrogens is 312 g/mol. The normalized spacial score (nSPS) is 17.9. The van der Waals surface area contributed by atoms with Crippen molar-refractivity contribution in [2.24, 2.45) is 0 Å². The van der Waals surface area contributed by atoms with Crippen LogP contribution in [0.3, 0.4) is 0 Å². The minimum atomic E-state index is -0.239. The second kappa shape index (κ2) is 9.58. The molecule has 5 heteroatoms. The molecule has 0 radical (unpaired) electrons. The molecule has 2 atom stereocenters. The number of carbonyl (C=O) groups excluding carboxylic acids is 1. The van der Waals surface area contributed by atoms with Gasteiger partial charge in [-0.1, -0.05) is 24.3 Å². The lowest BCUT2D eigenvalue weighted by Crippen LogP contribution is -2.29. The highest BCUT2D eigenvalue weighted by Gasteiger charge is 2.20. The summed E-state index contributed by atoms with van der Waals surface area (Å²) in [5.74, 6) is -0.395. The van der Waals surface area contributed by atoms with Crippen molar-refractivity contribution in [2.75, 3.05) is 25.0 Å². The molecule has 0 saturated carbocycles. The minimum Gasteiger partial charge on any atom is -0.464 e. The highest BCUT2D eigenvalue weighted by Crippen LogP contribution is 2.20. The first-order valence-electron chi connectivity index (χ1n) is 7.94. The Balaban J connectivity index is 0.00000264. The van der Waals surface area contributed by atoms with Gasteiger partial charge in [-0.25, -0.2) is 0 Å². The third-order valence-electron chi connectivity index (χ3n) is 3.95. The van der Waals surface area contributed by atoms with Gasteiger partial charge >= 0.3 is 5.97 Å². The SMILES string of the molecule is C=C(C)CNc1ccc(C(C)C(=O)OCC2CCCN2)cc1.Cl. The Morgan fingerprint density at radius 2 is 2.13 bits per heavy atom. The molecule has 0 spiro atoms. The fraction of sp³-hybridized carbons (Fsp3) is 0.500. The molecule has 0 aliphatic carbocycles. The largest absolute Gasteiger partial charge is 0.464 e. The smallest absolute Gasteiger partial charge is 0.313 e. The van der Waals surface area contributed by atoms with Gasteiger partial charge in [0, 0.05) is 18.3 Å². The molecule has 2 unspecified atom stereocenters. The number of carbonyl (C=O) groups is 1. The lowest BCUT2D eigenvalue weighted by molar-refractivity contribution is -0.145. The van der Waals surface area contributed by atoms with Crippen LogP contribution in [-0.4, -0.2) is 31.7 Å². The minimum absolute atomic E-state index is 0. The summed E-state index contributed by atoms with van der Waals surface area (Å²) < 4.78 is 5.42. The van der Waals surface area contributed by atoms with Gasteiger partial charge in [-0.05, 0) is 50.9 Å². The van der Waals surface area contributed by atoms with E-state index in [-0.39, 0.29) is 24.3 Å². The Morgan fingerprint density at radius 3 is 2.70 bits per heavy atom. The molecule has 128 valence electrons. The molecule has 0 aromatic heterocycles. The zero-order valence-electron chi connectivity index (χ0n) is 13.9. The van der Waals surface area contributed by atoms with E-state index >= 15 is 0 Å². The second-order valence-electron chi connectivity index (χ2n) is 6.08. The summed E-state index contributed by atoms with van der Waals surface area (Å²) in [4.78, 5) is 12.1. The fourth-order valence-electron chi connectivity index (χ4n) is 2.49. The van der Waals surface area contributed by atoms with Gasteiger partial charge in [-0.15, -0.1) is 12.4 Å². The number of benzene rings is 1. The second-order valence-corrected chi connectivity index (χ2v) is 6.08. The summed E-state index contributed by atoms with van der Waals surface area (Å²) in [6, 6.07) is 8.24. The molecular formula is C18H27ClN2O2. The van der Waals surface area contributed by atoms with Crippen LogP contribution in [0.2, 0.25) is 0 Å². The highest BCUT2D eigenvalue weighted by molar-refractivity contribution is 5.85. The molecule has 0 bridgehead atoms. The van der Waals surface area contributed by atoms with Crippen molar-refractivity contribution in [3.63, 3.8) is 0 Å². The van der Waals surface area contributed by atoms with Crippen LogP contribution in [0.25, 0.3) is 0 Å². The number of rotatable bonds is 7. The average Bonchev–Trinajstić information content (AvgIpc) is 3.03. The molecule has 23 heavy (non-hydrogen) atoms. The van der Waals surface area contributed by atoms with Crippen molar-refractivity contribution < 1.29 is 9.53 Å². The van der Waals surface area contributed by atoms with Crippen molar-refractivity contribution in [3.8, 4) is 0 Å². The summed E-state index contributed by atoms with van der Waals surface area (Å²) in [5, 5.41) is 6.61. The zero-order valence-corrected chi connectivity index (χ0v) is 14.7. The number of ether oxygens (including phenoxy) is 1. The molecule has 4 nitrogen and oxygen atoms in total. The van der Waals surface area contributed by atoms with Crippen molar-refractivity contribution in [2.45, 2.75) is 38.6 Å². The maximum atomic E-state index is 12.1. The van der Waals surface area contributed by atoms with Gasteiger partial charge in [0.05, 0.1) is 5.92 Å². The molecule has 1 aromatic carbocycles. The maximum Gasteiger partial charge on any atom is 0.313 e. The van der Waals surface area contributed by atoms with E-state index < -0.39 is 0 Å². The molecule has 1 aliphatic heterocycles. The number of halogens is 1. The Hall–Kier alpha value is -1.52. The van der Waals surface area contributed by atoms with Gasteiger partial charge in [0.2, 0.25) is 0 Å². The zero-order chi connectivity index (χ0) is 15.9. The molecule has 1 fully saturated rings. The summed E-state index contributed by atoms with van der Waals surface area (Å²) in [6.45, 7) is 9.99. The quantitative estimate of drug-likeness (QED) is 0.590. The fourth-order valence-corrected chi connectivity index (χ4v) is 2.49. The molecule has 1 aliphatic rings. The van der Waals surface area contributed by atoms with Crippen LogP contribution in [0.15, 0.2) is 36.4 Å².